The van der Waals surface area contributed by atoms with Gasteiger partial charge < -0.3 is 20.5 Å². The summed E-state index contributed by atoms with van der Waals surface area (Å²) in [7, 11) is 0. The van der Waals surface area contributed by atoms with Gasteiger partial charge in [-0.05, 0) is 42.0 Å². The van der Waals surface area contributed by atoms with Crippen LogP contribution in [0.3, 0.4) is 0 Å². The van der Waals surface area contributed by atoms with E-state index in [1.54, 1.807) is 30.3 Å². The topological polar surface area (TPSA) is 79.0 Å². The van der Waals surface area contributed by atoms with Crippen molar-refractivity contribution in [3.63, 3.8) is 0 Å². The van der Waals surface area contributed by atoms with E-state index < -0.39 is 12.2 Å². The normalized spacial score (nSPS) is 16.0. The number of carbonyl (C=O) groups is 1. The third kappa shape index (κ3) is 5.44. The van der Waals surface area contributed by atoms with Crippen molar-refractivity contribution in [2.45, 2.75) is 12.5 Å². The molecule has 1 aliphatic rings. The van der Waals surface area contributed by atoms with Gasteiger partial charge in [0.1, 0.15) is 11.9 Å². The van der Waals surface area contributed by atoms with E-state index in [9.17, 15) is 9.90 Å². The molecular formula is C20H23Cl2N3O3. The smallest absolute Gasteiger partial charge is 0.405 e. The molecule has 0 radical (unpaired) electrons. The number of primary amides is 1. The van der Waals surface area contributed by atoms with E-state index in [-0.39, 0.29) is 5.75 Å². The number of amides is 1. The Labute approximate surface area is 174 Å². The fraction of sp³-hybridized carbons (Fsp3) is 0.350. The number of nitrogens with two attached hydrogens (primary N) is 1. The van der Waals surface area contributed by atoms with Crippen molar-refractivity contribution in [1.29, 1.82) is 0 Å². The predicted molar refractivity (Wildman–Crippen MR) is 111 cm³/mol. The highest BCUT2D eigenvalue weighted by atomic mass is 35.5. The summed E-state index contributed by atoms with van der Waals surface area (Å²) in [6, 6.07) is 12.4. The van der Waals surface area contributed by atoms with E-state index in [2.05, 4.69) is 9.80 Å². The number of hydrogen-bond acceptors (Lipinski definition) is 5. The molecular weight excluding hydrogens is 401 g/mol. The van der Waals surface area contributed by atoms with Gasteiger partial charge in [-0.15, -0.1) is 0 Å². The van der Waals surface area contributed by atoms with Crippen molar-refractivity contribution >= 4 is 35.0 Å². The highest BCUT2D eigenvalue weighted by Gasteiger charge is 2.21. The second-order valence-corrected chi connectivity index (χ2v) is 7.55. The number of aromatic hydroxyl groups is 1. The third-order valence-electron chi connectivity index (χ3n) is 4.87. The van der Waals surface area contributed by atoms with Crippen LogP contribution in [0.2, 0.25) is 10.0 Å². The molecule has 2 aromatic rings. The van der Waals surface area contributed by atoms with E-state index in [1.165, 1.54) is 0 Å². The number of ether oxygens (including phenoxy) is 1. The lowest BCUT2D eigenvalue weighted by molar-refractivity contribution is 0.0910. The largest absolute Gasteiger partial charge is 0.508 e. The number of nitrogens with zero attached hydrogens (tertiary/aromatic N) is 2. The molecule has 1 amide bonds. The van der Waals surface area contributed by atoms with Gasteiger partial charge in [-0.2, -0.15) is 0 Å². The van der Waals surface area contributed by atoms with Crippen molar-refractivity contribution in [1.82, 2.24) is 4.90 Å². The minimum Gasteiger partial charge on any atom is -0.508 e. The predicted octanol–water partition coefficient (Wildman–Crippen LogP) is 4.05. The van der Waals surface area contributed by atoms with E-state index in [0.717, 1.165) is 44.0 Å². The summed E-state index contributed by atoms with van der Waals surface area (Å²) in [4.78, 5) is 15.9. The van der Waals surface area contributed by atoms with Gasteiger partial charge in [0.05, 0.1) is 10.0 Å². The standard InChI is InChI=1S/C20H23Cl2N3O3/c21-17-6-1-14(13-18(17)22)19(28-20(23)27)7-8-24-9-11-25(12-10-24)15-2-4-16(26)5-3-15/h1-6,13,19,26H,7-12H2,(H2,23,27). The zero-order chi connectivity index (χ0) is 20.1. The molecule has 6 nitrogen and oxygen atoms in total. The monoisotopic (exact) mass is 423 g/mol. The fourth-order valence-corrected chi connectivity index (χ4v) is 3.65. The van der Waals surface area contributed by atoms with Gasteiger partial charge in [0.25, 0.3) is 0 Å². The molecule has 1 aliphatic heterocycles. The molecule has 1 fully saturated rings. The van der Waals surface area contributed by atoms with Gasteiger partial charge in [-0.25, -0.2) is 4.79 Å². The van der Waals surface area contributed by atoms with Crippen LogP contribution in [0.15, 0.2) is 42.5 Å². The number of rotatable bonds is 6. The first kappa shape index (κ1) is 20.6. The van der Waals surface area contributed by atoms with Crippen molar-refractivity contribution in [3.8, 4) is 5.75 Å². The Morgan fingerprint density at radius 1 is 1.07 bits per heavy atom. The Kier molecular flexibility index (Phi) is 6.88. The maximum atomic E-state index is 11.3. The number of halogens is 2. The fourth-order valence-electron chi connectivity index (χ4n) is 3.34. The number of carbonyl (C=O) groups excluding carboxylic acids is 1. The summed E-state index contributed by atoms with van der Waals surface area (Å²) >= 11 is 12.1. The van der Waals surface area contributed by atoms with Gasteiger partial charge in [-0.3, -0.25) is 4.90 Å². The number of piperazine rings is 1. The molecule has 0 aromatic heterocycles. The lowest BCUT2D eigenvalue weighted by Crippen LogP contribution is -2.46. The zero-order valence-corrected chi connectivity index (χ0v) is 16.9. The Morgan fingerprint density at radius 3 is 2.36 bits per heavy atom. The maximum absolute atomic E-state index is 11.3. The molecule has 28 heavy (non-hydrogen) atoms. The molecule has 0 aliphatic carbocycles. The van der Waals surface area contributed by atoms with E-state index in [1.807, 2.05) is 12.1 Å². The van der Waals surface area contributed by atoms with Gasteiger partial charge in [0, 0.05) is 44.8 Å². The molecule has 0 spiro atoms. The Hall–Kier alpha value is -2.15. The minimum absolute atomic E-state index is 0.269. The summed E-state index contributed by atoms with van der Waals surface area (Å²) in [5.41, 5.74) is 7.12. The van der Waals surface area contributed by atoms with E-state index >= 15 is 0 Å². The SMILES string of the molecule is NC(=O)OC(CCN1CCN(c2ccc(O)cc2)CC1)c1ccc(Cl)c(Cl)c1. The molecule has 1 atom stereocenters. The number of hydrogen-bond donors (Lipinski definition) is 2. The number of anilines is 1. The molecule has 8 heteroatoms. The van der Waals surface area contributed by atoms with Gasteiger partial charge in [0.2, 0.25) is 0 Å². The molecule has 0 bridgehead atoms. The van der Waals surface area contributed by atoms with Crippen LogP contribution in [0, 0.1) is 0 Å². The highest BCUT2D eigenvalue weighted by molar-refractivity contribution is 6.42. The Bertz CT molecular complexity index is 809. The number of phenols is 1. The van der Waals surface area contributed by atoms with Crippen molar-refractivity contribution < 1.29 is 14.6 Å². The summed E-state index contributed by atoms with van der Waals surface area (Å²) in [6.07, 6.45) is -0.671. The van der Waals surface area contributed by atoms with Gasteiger partial charge in [-0.1, -0.05) is 29.3 Å². The Morgan fingerprint density at radius 2 is 1.75 bits per heavy atom. The molecule has 2 aromatic carbocycles. The average molecular weight is 424 g/mol. The van der Waals surface area contributed by atoms with Crippen molar-refractivity contribution in [2.75, 3.05) is 37.6 Å². The Balaban J connectivity index is 1.56. The molecule has 3 N–H and O–H groups in total. The van der Waals surface area contributed by atoms with Crippen LogP contribution in [0.5, 0.6) is 5.75 Å². The highest BCUT2D eigenvalue weighted by Crippen LogP contribution is 2.29. The number of phenolic OH excluding ortho intramolecular Hbond substituents is 1. The molecule has 0 saturated carbocycles. The van der Waals surface area contributed by atoms with Crippen LogP contribution in [0.25, 0.3) is 0 Å². The molecule has 1 heterocycles. The molecule has 150 valence electrons. The molecule has 3 rings (SSSR count). The van der Waals surface area contributed by atoms with Crippen LogP contribution < -0.4 is 10.6 Å². The number of benzene rings is 2. The minimum atomic E-state index is -0.812. The summed E-state index contributed by atoms with van der Waals surface area (Å²) in [6.45, 7) is 4.33. The summed E-state index contributed by atoms with van der Waals surface area (Å²) in [5.74, 6) is 0.269. The van der Waals surface area contributed by atoms with Crippen molar-refractivity contribution in [3.05, 3.63) is 58.1 Å². The quantitative estimate of drug-likeness (QED) is 0.732. The zero-order valence-electron chi connectivity index (χ0n) is 15.4. The van der Waals surface area contributed by atoms with E-state index in [4.69, 9.17) is 33.7 Å². The lowest BCUT2D eigenvalue weighted by Gasteiger charge is -2.36. The molecule has 1 unspecified atom stereocenters. The summed E-state index contributed by atoms with van der Waals surface area (Å²) < 4.78 is 5.30. The first-order valence-corrected chi connectivity index (χ1v) is 9.85. The average Bonchev–Trinajstić information content (AvgIpc) is 2.68. The second-order valence-electron chi connectivity index (χ2n) is 6.73. The van der Waals surface area contributed by atoms with Crippen molar-refractivity contribution in [2.24, 2.45) is 5.73 Å². The first-order chi connectivity index (χ1) is 13.4. The maximum Gasteiger partial charge on any atom is 0.405 e. The second kappa shape index (κ2) is 9.37. The van der Waals surface area contributed by atoms with Crippen LogP contribution in [0.1, 0.15) is 18.1 Å². The first-order valence-electron chi connectivity index (χ1n) is 9.10. The van der Waals surface area contributed by atoms with Crippen LogP contribution in [-0.4, -0.2) is 48.8 Å². The van der Waals surface area contributed by atoms with Gasteiger partial charge >= 0.3 is 6.09 Å². The lowest BCUT2D eigenvalue weighted by atomic mass is 10.1. The van der Waals surface area contributed by atoms with Gasteiger partial charge in [0.15, 0.2) is 0 Å². The van der Waals surface area contributed by atoms with Crippen LogP contribution >= 0.6 is 23.2 Å². The third-order valence-corrected chi connectivity index (χ3v) is 5.61. The van der Waals surface area contributed by atoms with Crippen LogP contribution in [-0.2, 0) is 4.74 Å². The molecule has 1 saturated heterocycles. The van der Waals surface area contributed by atoms with E-state index in [0.29, 0.717) is 16.5 Å². The summed E-state index contributed by atoms with van der Waals surface area (Å²) in [5, 5.41) is 10.3. The van der Waals surface area contributed by atoms with Crippen LogP contribution in [0.4, 0.5) is 10.5 Å².